The van der Waals surface area contributed by atoms with Crippen LogP contribution in [-0.2, 0) is 23.9 Å². The van der Waals surface area contributed by atoms with Gasteiger partial charge < -0.3 is 10.1 Å². The van der Waals surface area contributed by atoms with Gasteiger partial charge in [0, 0.05) is 12.2 Å². The molecule has 1 heterocycles. The minimum absolute atomic E-state index is 0.0303. The minimum atomic E-state index is -0.598. The number of nitrogens with zero attached hydrogens (tertiary/aromatic N) is 1. The van der Waals surface area contributed by atoms with E-state index >= 15 is 0 Å². The number of imide groups is 1. The lowest BCUT2D eigenvalue weighted by Crippen LogP contribution is -2.35. The first-order valence-corrected chi connectivity index (χ1v) is 9.81. The van der Waals surface area contributed by atoms with Gasteiger partial charge in [0.2, 0.25) is 11.8 Å². The highest BCUT2D eigenvalue weighted by molar-refractivity contribution is 6.06. The van der Waals surface area contributed by atoms with Gasteiger partial charge in [-0.1, -0.05) is 17.7 Å². The number of carbonyl (C=O) groups excluding carboxylic acids is 4. The zero-order valence-electron chi connectivity index (χ0n) is 15.8. The Morgan fingerprint density at radius 2 is 1.68 bits per heavy atom. The molecule has 2 bridgehead atoms. The van der Waals surface area contributed by atoms with Gasteiger partial charge in [-0.05, 0) is 50.2 Å². The predicted molar refractivity (Wildman–Crippen MR) is 99.9 cm³/mol. The van der Waals surface area contributed by atoms with Crippen LogP contribution in [0.15, 0.2) is 24.3 Å². The molecular formula is C21H24N2O5. The maximum absolute atomic E-state index is 12.6. The van der Waals surface area contributed by atoms with Crippen molar-refractivity contribution in [1.82, 2.24) is 4.90 Å². The maximum atomic E-state index is 12.6. The van der Waals surface area contributed by atoms with Gasteiger partial charge in [0.1, 0.15) is 0 Å². The molecule has 4 atom stereocenters. The molecule has 1 N–H and O–H groups in total. The molecule has 3 fully saturated rings. The highest BCUT2D eigenvalue weighted by Crippen LogP contribution is 2.56. The van der Waals surface area contributed by atoms with Gasteiger partial charge in [-0.15, -0.1) is 0 Å². The average Bonchev–Trinajstić information content (AvgIpc) is 3.35. The molecule has 28 heavy (non-hydrogen) atoms. The second-order valence-corrected chi connectivity index (χ2v) is 8.04. The standard InChI is InChI=1S/C21H24N2O5/c1-12-2-6-15(7-3-12)22-16(24)11-28-17(25)8-9-23-20(26)18-13-4-5-14(10-13)19(18)21(23)27/h2-3,6-7,13-14,18-19H,4-5,8-11H2,1H3,(H,22,24)/t13-,14-,18-,19+/m0/s1. The Labute approximate surface area is 163 Å². The fraction of sp³-hybridized carbons (Fsp3) is 0.524. The van der Waals surface area contributed by atoms with E-state index in [0.717, 1.165) is 24.8 Å². The molecule has 0 unspecified atom stereocenters. The van der Waals surface area contributed by atoms with E-state index in [2.05, 4.69) is 5.32 Å². The topological polar surface area (TPSA) is 92.8 Å². The van der Waals surface area contributed by atoms with Crippen LogP contribution in [0.25, 0.3) is 0 Å². The van der Waals surface area contributed by atoms with Crippen molar-refractivity contribution in [2.45, 2.75) is 32.6 Å². The zero-order chi connectivity index (χ0) is 19.8. The number of aryl methyl sites for hydroxylation is 1. The number of nitrogens with one attached hydrogen (secondary N) is 1. The molecule has 0 spiro atoms. The molecule has 0 aromatic heterocycles. The number of anilines is 1. The van der Waals surface area contributed by atoms with Crippen LogP contribution in [0.4, 0.5) is 5.69 Å². The van der Waals surface area contributed by atoms with Crippen molar-refractivity contribution >= 4 is 29.4 Å². The molecule has 3 aliphatic rings. The Morgan fingerprint density at radius 1 is 1.07 bits per heavy atom. The third-order valence-corrected chi connectivity index (χ3v) is 6.26. The van der Waals surface area contributed by atoms with Crippen molar-refractivity contribution in [3.63, 3.8) is 0 Å². The van der Waals surface area contributed by atoms with E-state index in [1.807, 2.05) is 19.1 Å². The van der Waals surface area contributed by atoms with Crippen molar-refractivity contribution in [2.24, 2.45) is 23.7 Å². The number of carbonyl (C=O) groups is 4. The van der Waals surface area contributed by atoms with Gasteiger partial charge >= 0.3 is 5.97 Å². The van der Waals surface area contributed by atoms with Crippen molar-refractivity contribution in [1.29, 1.82) is 0 Å². The summed E-state index contributed by atoms with van der Waals surface area (Å²) in [5.41, 5.74) is 1.70. The predicted octanol–water partition coefficient (Wildman–Crippen LogP) is 1.90. The number of hydrogen-bond acceptors (Lipinski definition) is 5. The van der Waals surface area contributed by atoms with Crippen LogP contribution in [-0.4, -0.2) is 41.7 Å². The third kappa shape index (κ3) is 3.41. The number of likely N-dealkylation sites (tertiary alicyclic amines) is 1. The van der Waals surface area contributed by atoms with E-state index in [9.17, 15) is 19.2 Å². The summed E-state index contributed by atoms with van der Waals surface area (Å²) < 4.78 is 4.98. The number of amides is 3. The largest absolute Gasteiger partial charge is 0.456 e. The van der Waals surface area contributed by atoms with E-state index in [4.69, 9.17) is 4.74 Å². The monoisotopic (exact) mass is 384 g/mol. The van der Waals surface area contributed by atoms with E-state index in [1.165, 1.54) is 4.90 Å². The van der Waals surface area contributed by atoms with Gasteiger partial charge in [0.05, 0.1) is 18.3 Å². The molecule has 1 aromatic rings. The van der Waals surface area contributed by atoms with E-state index in [1.54, 1.807) is 12.1 Å². The average molecular weight is 384 g/mol. The summed E-state index contributed by atoms with van der Waals surface area (Å²) in [6.07, 6.45) is 2.94. The van der Waals surface area contributed by atoms with E-state index in [-0.39, 0.29) is 36.6 Å². The number of ether oxygens (including phenoxy) is 1. The molecule has 7 heteroatoms. The Balaban J connectivity index is 1.22. The smallest absolute Gasteiger partial charge is 0.308 e. The second-order valence-electron chi connectivity index (χ2n) is 8.04. The van der Waals surface area contributed by atoms with Crippen LogP contribution < -0.4 is 5.32 Å². The summed E-state index contributed by atoms with van der Waals surface area (Å²) in [7, 11) is 0. The Kier molecular flexibility index (Phi) is 4.91. The first-order valence-electron chi connectivity index (χ1n) is 9.81. The molecule has 2 saturated carbocycles. The van der Waals surface area contributed by atoms with Gasteiger partial charge in [0.25, 0.3) is 5.91 Å². The van der Waals surface area contributed by atoms with Crippen molar-refractivity contribution < 1.29 is 23.9 Å². The van der Waals surface area contributed by atoms with Crippen LogP contribution in [0.1, 0.15) is 31.2 Å². The molecule has 4 rings (SSSR count). The van der Waals surface area contributed by atoms with Gasteiger partial charge in [-0.2, -0.15) is 0 Å². The molecule has 148 valence electrons. The van der Waals surface area contributed by atoms with E-state index in [0.29, 0.717) is 17.5 Å². The lowest BCUT2D eigenvalue weighted by atomic mass is 9.81. The summed E-state index contributed by atoms with van der Waals surface area (Å²) in [5.74, 6) is -0.997. The zero-order valence-corrected chi connectivity index (χ0v) is 15.8. The summed E-state index contributed by atoms with van der Waals surface area (Å²) in [5, 5.41) is 2.64. The van der Waals surface area contributed by atoms with Crippen LogP contribution in [0.5, 0.6) is 0 Å². The molecule has 1 aromatic carbocycles. The molecule has 1 aliphatic heterocycles. The minimum Gasteiger partial charge on any atom is -0.456 e. The number of hydrogen-bond donors (Lipinski definition) is 1. The molecule has 7 nitrogen and oxygen atoms in total. The lowest BCUT2D eigenvalue weighted by Gasteiger charge is -2.19. The maximum Gasteiger partial charge on any atom is 0.308 e. The Bertz CT molecular complexity index is 791. The SMILES string of the molecule is Cc1ccc(NC(=O)COC(=O)CCN2C(=O)[C@@H]3[C@H]4CC[C@@H](C4)[C@@H]3C2=O)cc1. The fourth-order valence-corrected chi connectivity index (χ4v) is 4.95. The molecule has 1 saturated heterocycles. The molecule has 2 aliphatic carbocycles. The summed E-state index contributed by atoms with van der Waals surface area (Å²) >= 11 is 0. The molecule has 0 radical (unpaired) electrons. The molecule has 3 amide bonds. The van der Waals surface area contributed by atoms with Crippen molar-refractivity contribution in [2.75, 3.05) is 18.5 Å². The van der Waals surface area contributed by atoms with Crippen molar-refractivity contribution in [3.05, 3.63) is 29.8 Å². The summed E-state index contributed by atoms with van der Waals surface area (Å²) in [6, 6.07) is 7.27. The van der Waals surface area contributed by atoms with Crippen LogP contribution in [0.2, 0.25) is 0 Å². The van der Waals surface area contributed by atoms with Crippen LogP contribution >= 0.6 is 0 Å². The van der Waals surface area contributed by atoms with Crippen molar-refractivity contribution in [3.8, 4) is 0 Å². The first-order chi connectivity index (χ1) is 13.4. The summed E-state index contributed by atoms with van der Waals surface area (Å²) in [6.45, 7) is 1.58. The quantitative estimate of drug-likeness (QED) is 0.597. The number of fused-ring (bicyclic) bond motifs is 5. The Hall–Kier alpha value is -2.70. The highest BCUT2D eigenvalue weighted by Gasteiger charge is 2.60. The number of benzene rings is 1. The first kappa shape index (κ1) is 18.7. The van der Waals surface area contributed by atoms with Gasteiger partial charge in [-0.3, -0.25) is 24.1 Å². The number of esters is 1. The van der Waals surface area contributed by atoms with Gasteiger partial charge in [-0.25, -0.2) is 0 Å². The van der Waals surface area contributed by atoms with E-state index < -0.39 is 18.5 Å². The molecular weight excluding hydrogens is 360 g/mol. The third-order valence-electron chi connectivity index (χ3n) is 6.26. The highest BCUT2D eigenvalue weighted by atomic mass is 16.5. The fourth-order valence-electron chi connectivity index (χ4n) is 4.95. The summed E-state index contributed by atoms with van der Waals surface area (Å²) in [4.78, 5) is 50.2. The Morgan fingerprint density at radius 3 is 2.29 bits per heavy atom. The second kappa shape index (κ2) is 7.37. The van der Waals surface area contributed by atoms with Crippen LogP contribution in [0.3, 0.4) is 0 Å². The number of rotatable bonds is 6. The normalized spacial score (nSPS) is 27.8. The lowest BCUT2D eigenvalue weighted by molar-refractivity contribution is -0.149. The van der Waals surface area contributed by atoms with Gasteiger partial charge in [0.15, 0.2) is 6.61 Å². The van der Waals surface area contributed by atoms with Crippen LogP contribution in [0, 0.1) is 30.6 Å².